The summed E-state index contributed by atoms with van der Waals surface area (Å²) >= 11 is 1.48. The quantitative estimate of drug-likeness (QED) is 0.777. The van der Waals surface area contributed by atoms with Crippen molar-refractivity contribution < 1.29 is 15.0 Å². The van der Waals surface area contributed by atoms with Crippen LogP contribution in [0.2, 0.25) is 0 Å². The normalized spacial score (nSPS) is 12.1. The summed E-state index contributed by atoms with van der Waals surface area (Å²) in [6.07, 6.45) is 1.87. The Kier molecular flexibility index (Phi) is 3.91. The van der Waals surface area contributed by atoms with E-state index in [1.54, 1.807) is 6.07 Å². The number of carbonyl (C=O) groups excluding carboxylic acids is 1. The van der Waals surface area contributed by atoms with Crippen molar-refractivity contribution in [1.29, 1.82) is 0 Å². The van der Waals surface area contributed by atoms with Crippen LogP contribution in [0, 0.1) is 0 Å². The number of aliphatic hydroxyl groups excluding tert-OH is 1. The Bertz CT molecular complexity index is 528. The van der Waals surface area contributed by atoms with Gasteiger partial charge in [0.25, 0.3) is 5.91 Å². The van der Waals surface area contributed by atoms with Crippen LogP contribution in [-0.2, 0) is 0 Å². The molecule has 6 heteroatoms. The zero-order valence-electron chi connectivity index (χ0n) is 9.41. The summed E-state index contributed by atoms with van der Waals surface area (Å²) < 4.78 is 0. The number of hydrogen-bond donors (Lipinski definition) is 3. The summed E-state index contributed by atoms with van der Waals surface area (Å²) in [7, 11) is 0. The second kappa shape index (κ2) is 5.61. The van der Waals surface area contributed by atoms with Crippen molar-refractivity contribution in [3.8, 4) is 5.75 Å². The fourth-order valence-corrected chi connectivity index (χ4v) is 2.15. The molecule has 3 N–H and O–H groups in total. The van der Waals surface area contributed by atoms with Gasteiger partial charge in [-0.15, -0.1) is 0 Å². The number of aromatic nitrogens is 1. The van der Waals surface area contributed by atoms with Crippen molar-refractivity contribution in [2.45, 2.75) is 6.10 Å². The molecule has 0 aromatic carbocycles. The molecule has 18 heavy (non-hydrogen) atoms. The Labute approximate surface area is 108 Å². The lowest BCUT2D eigenvalue weighted by Gasteiger charge is -2.10. The van der Waals surface area contributed by atoms with Crippen molar-refractivity contribution in [3.05, 3.63) is 46.4 Å². The van der Waals surface area contributed by atoms with Gasteiger partial charge in [-0.1, -0.05) is 0 Å². The van der Waals surface area contributed by atoms with E-state index in [-0.39, 0.29) is 17.9 Å². The number of hydrogen-bond acceptors (Lipinski definition) is 5. The van der Waals surface area contributed by atoms with E-state index in [9.17, 15) is 15.0 Å². The Hall–Kier alpha value is -1.92. The molecular weight excluding hydrogens is 252 g/mol. The van der Waals surface area contributed by atoms with Gasteiger partial charge in [-0.2, -0.15) is 11.3 Å². The monoisotopic (exact) mass is 264 g/mol. The number of rotatable bonds is 4. The minimum atomic E-state index is -0.746. The maximum Gasteiger partial charge on any atom is 0.255 e. The first-order valence-electron chi connectivity index (χ1n) is 5.30. The summed E-state index contributed by atoms with van der Waals surface area (Å²) in [5.74, 6) is -0.621. The molecule has 0 spiro atoms. The van der Waals surface area contributed by atoms with E-state index in [1.165, 1.54) is 29.8 Å². The van der Waals surface area contributed by atoms with Crippen LogP contribution in [0.25, 0.3) is 0 Å². The molecule has 0 aliphatic carbocycles. The van der Waals surface area contributed by atoms with Gasteiger partial charge in [0, 0.05) is 12.7 Å². The minimum Gasteiger partial charge on any atom is -0.505 e. The fourth-order valence-electron chi connectivity index (χ4n) is 1.45. The average molecular weight is 264 g/mol. The van der Waals surface area contributed by atoms with E-state index in [2.05, 4.69) is 10.3 Å². The third-order valence-corrected chi connectivity index (χ3v) is 3.13. The van der Waals surface area contributed by atoms with Gasteiger partial charge in [0.05, 0.1) is 17.9 Å². The van der Waals surface area contributed by atoms with E-state index in [0.717, 1.165) is 5.56 Å². The molecule has 5 nitrogen and oxygen atoms in total. The Balaban J connectivity index is 1.95. The first kappa shape index (κ1) is 12.5. The van der Waals surface area contributed by atoms with Gasteiger partial charge < -0.3 is 15.5 Å². The van der Waals surface area contributed by atoms with E-state index in [0.29, 0.717) is 0 Å². The summed E-state index contributed by atoms with van der Waals surface area (Å²) in [6.45, 7) is 0.0946. The van der Waals surface area contributed by atoms with Crippen molar-refractivity contribution in [2.24, 2.45) is 0 Å². The highest BCUT2D eigenvalue weighted by molar-refractivity contribution is 7.07. The molecule has 2 aromatic heterocycles. The van der Waals surface area contributed by atoms with Crippen LogP contribution >= 0.6 is 11.3 Å². The Morgan fingerprint density at radius 1 is 1.50 bits per heavy atom. The summed E-state index contributed by atoms with van der Waals surface area (Å²) in [4.78, 5) is 15.4. The summed E-state index contributed by atoms with van der Waals surface area (Å²) in [5.41, 5.74) is 0.904. The topological polar surface area (TPSA) is 82.5 Å². The van der Waals surface area contributed by atoms with Crippen molar-refractivity contribution in [2.75, 3.05) is 6.54 Å². The second-order valence-electron chi connectivity index (χ2n) is 3.68. The predicted molar refractivity (Wildman–Crippen MR) is 67.5 cm³/mol. The largest absolute Gasteiger partial charge is 0.505 e. The van der Waals surface area contributed by atoms with Gasteiger partial charge in [-0.05, 0) is 28.5 Å². The lowest BCUT2D eigenvalue weighted by Crippen LogP contribution is -2.28. The Morgan fingerprint density at radius 2 is 2.33 bits per heavy atom. The van der Waals surface area contributed by atoms with E-state index in [4.69, 9.17) is 0 Å². The van der Waals surface area contributed by atoms with Crippen LogP contribution in [-0.4, -0.2) is 27.6 Å². The Morgan fingerprint density at radius 3 is 3.00 bits per heavy atom. The molecule has 0 radical (unpaired) electrons. The molecule has 0 bridgehead atoms. The molecule has 1 unspecified atom stereocenters. The molecule has 94 valence electrons. The zero-order valence-corrected chi connectivity index (χ0v) is 10.2. The molecule has 0 saturated carbocycles. The molecule has 2 heterocycles. The summed E-state index contributed by atoms with van der Waals surface area (Å²) in [6, 6.07) is 3.22. The van der Waals surface area contributed by atoms with E-state index < -0.39 is 12.0 Å². The number of aromatic hydroxyl groups is 1. The number of thiophene rings is 1. The maximum absolute atomic E-state index is 11.7. The van der Waals surface area contributed by atoms with Crippen LogP contribution in [0.4, 0.5) is 0 Å². The molecule has 0 aliphatic heterocycles. The number of nitrogens with one attached hydrogen (secondary N) is 1. The zero-order chi connectivity index (χ0) is 13.0. The van der Waals surface area contributed by atoms with Crippen LogP contribution in [0.5, 0.6) is 5.75 Å². The standard InChI is InChI=1S/C12H12N2O3S/c15-10(8-2-4-18-7-8)6-14-12(17)9-1-3-13-5-11(9)16/h1-5,7,10,15-16H,6H2,(H,14,17). The van der Waals surface area contributed by atoms with E-state index >= 15 is 0 Å². The molecule has 2 aromatic rings. The smallest absolute Gasteiger partial charge is 0.255 e. The van der Waals surface area contributed by atoms with Gasteiger partial charge in [0.1, 0.15) is 5.75 Å². The van der Waals surface area contributed by atoms with Crippen LogP contribution in [0.3, 0.4) is 0 Å². The number of pyridine rings is 1. The molecule has 0 saturated heterocycles. The van der Waals surface area contributed by atoms with Crippen LogP contribution < -0.4 is 5.32 Å². The van der Waals surface area contributed by atoms with Gasteiger partial charge in [-0.3, -0.25) is 9.78 Å². The molecule has 2 rings (SSSR count). The van der Waals surface area contributed by atoms with Crippen molar-refractivity contribution in [1.82, 2.24) is 10.3 Å². The summed E-state index contributed by atoms with van der Waals surface area (Å²) in [5, 5.41) is 25.5. The highest BCUT2D eigenvalue weighted by atomic mass is 32.1. The average Bonchev–Trinajstić information content (AvgIpc) is 2.90. The highest BCUT2D eigenvalue weighted by Crippen LogP contribution is 2.16. The first-order chi connectivity index (χ1) is 8.68. The lowest BCUT2D eigenvalue weighted by atomic mass is 10.2. The number of carbonyl (C=O) groups is 1. The van der Waals surface area contributed by atoms with Gasteiger partial charge in [0.15, 0.2) is 0 Å². The SMILES string of the molecule is O=C(NCC(O)c1ccsc1)c1ccncc1O. The molecule has 0 aliphatic rings. The molecule has 1 amide bonds. The number of nitrogens with zero attached hydrogens (tertiary/aromatic N) is 1. The first-order valence-corrected chi connectivity index (χ1v) is 6.24. The number of aliphatic hydroxyl groups is 1. The van der Waals surface area contributed by atoms with Crippen LogP contribution in [0.15, 0.2) is 35.3 Å². The highest BCUT2D eigenvalue weighted by Gasteiger charge is 2.13. The van der Waals surface area contributed by atoms with Crippen LogP contribution in [0.1, 0.15) is 22.0 Å². The van der Waals surface area contributed by atoms with Crippen molar-refractivity contribution >= 4 is 17.2 Å². The third-order valence-electron chi connectivity index (χ3n) is 2.43. The predicted octanol–water partition coefficient (Wildman–Crippen LogP) is 1.31. The molecular formula is C12H12N2O3S. The lowest BCUT2D eigenvalue weighted by molar-refractivity contribution is 0.0913. The fraction of sp³-hybridized carbons (Fsp3) is 0.167. The third kappa shape index (κ3) is 2.85. The minimum absolute atomic E-state index is 0.0946. The maximum atomic E-state index is 11.7. The molecule has 0 fully saturated rings. The number of amides is 1. The van der Waals surface area contributed by atoms with Gasteiger partial charge >= 0.3 is 0 Å². The molecule has 1 atom stereocenters. The van der Waals surface area contributed by atoms with Gasteiger partial charge in [-0.25, -0.2) is 0 Å². The second-order valence-corrected chi connectivity index (χ2v) is 4.46. The van der Waals surface area contributed by atoms with Gasteiger partial charge in [0.2, 0.25) is 0 Å². The van der Waals surface area contributed by atoms with E-state index in [1.807, 2.05) is 10.8 Å². The van der Waals surface area contributed by atoms with Crippen molar-refractivity contribution in [3.63, 3.8) is 0 Å².